The zero-order chi connectivity index (χ0) is 20.7. The van der Waals surface area contributed by atoms with Crippen molar-refractivity contribution in [3.05, 3.63) is 59.7 Å². The molecule has 1 aliphatic heterocycles. The van der Waals surface area contributed by atoms with Gasteiger partial charge in [0.05, 0.1) is 19.8 Å². The van der Waals surface area contributed by atoms with E-state index in [1.807, 2.05) is 12.1 Å². The highest BCUT2D eigenvalue weighted by molar-refractivity contribution is 5.77. The van der Waals surface area contributed by atoms with Gasteiger partial charge in [-0.3, -0.25) is 0 Å². The van der Waals surface area contributed by atoms with Crippen molar-refractivity contribution >= 4 is 11.6 Å². The molecule has 0 radical (unpaired) electrons. The number of nitrogens with one attached hydrogen (secondary N) is 1. The number of nitrogens with two attached hydrogens (primary N) is 1. The third-order valence-electron chi connectivity index (χ3n) is 4.38. The van der Waals surface area contributed by atoms with Crippen LogP contribution < -0.4 is 20.7 Å². The molecular weight excluding hydrogens is 385 g/mol. The highest BCUT2D eigenvalue weighted by Gasteiger charge is 2.30. The van der Waals surface area contributed by atoms with Crippen molar-refractivity contribution in [1.82, 2.24) is 5.32 Å². The number of ether oxygens (including phenoxy) is 2. The smallest absolute Gasteiger partial charge is 0.406 e. The highest BCUT2D eigenvalue weighted by Crippen LogP contribution is 2.23. The third-order valence-corrected chi connectivity index (χ3v) is 4.38. The summed E-state index contributed by atoms with van der Waals surface area (Å²) < 4.78 is 45.7. The maximum Gasteiger partial charge on any atom is 0.573 e. The van der Waals surface area contributed by atoms with E-state index in [4.69, 9.17) is 10.5 Å². The molecule has 6 nitrogen and oxygen atoms in total. The summed E-state index contributed by atoms with van der Waals surface area (Å²) in [5, 5.41) is 3.03. The second kappa shape index (κ2) is 9.51. The molecule has 1 aliphatic rings. The van der Waals surface area contributed by atoms with Gasteiger partial charge >= 0.3 is 6.36 Å². The number of nitrogens with zero attached hydrogens (tertiary/aromatic N) is 2. The van der Waals surface area contributed by atoms with E-state index < -0.39 is 6.36 Å². The summed E-state index contributed by atoms with van der Waals surface area (Å²) in [4.78, 5) is 6.48. The summed E-state index contributed by atoms with van der Waals surface area (Å²) in [5.41, 5.74) is 8.82. The van der Waals surface area contributed by atoms with Crippen LogP contribution in [0.3, 0.4) is 0 Å². The van der Waals surface area contributed by atoms with Crippen molar-refractivity contribution in [3.63, 3.8) is 0 Å². The molecule has 2 aromatic rings. The predicted molar refractivity (Wildman–Crippen MR) is 105 cm³/mol. The molecule has 2 aromatic carbocycles. The van der Waals surface area contributed by atoms with Gasteiger partial charge in [-0.1, -0.05) is 24.3 Å². The van der Waals surface area contributed by atoms with Crippen molar-refractivity contribution in [1.29, 1.82) is 0 Å². The zero-order valence-corrected chi connectivity index (χ0v) is 15.8. The van der Waals surface area contributed by atoms with Crippen LogP contribution in [0.15, 0.2) is 53.5 Å². The van der Waals surface area contributed by atoms with E-state index >= 15 is 0 Å². The number of benzene rings is 2. The topological polar surface area (TPSA) is 72.1 Å². The maximum absolute atomic E-state index is 12.2. The Morgan fingerprint density at radius 3 is 2.28 bits per heavy atom. The minimum absolute atomic E-state index is 0.251. The van der Waals surface area contributed by atoms with Gasteiger partial charge in [-0.15, -0.1) is 13.2 Å². The van der Waals surface area contributed by atoms with E-state index in [0.29, 0.717) is 6.54 Å². The summed E-state index contributed by atoms with van der Waals surface area (Å²) in [6, 6.07) is 13.7. The van der Waals surface area contributed by atoms with Gasteiger partial charge in [0.25, 0.3) is 0 Å². The molecule has 0 aromatic heterocycles. The summed E-state index contributed by atoms with van der Waals surface area (Å²) >= 11 is 0. The van der Waals surface area contributed by atoms with E-state index in [2.05, 4.69) is 32.1 Å². The summed E-state index contributed by atoms with van der Waals surface area (Å²) in [5.74, 6) is -0.00488. The third kappa shape index (κ3) is 6.86. The second-order valence-electron chi connectivity index (χ2n) is 6.51. The lowest BCUT2D eigenvalue weighted by Crippen LogP contribution is -2.36. The Kier molecular flexibility index (Phi) is 6.82. The highest BCUT2D eigenvalue weighted by atomic mass is 19.4. The largest absolute Gasteiger partial charge is 0.573 e. The molecule has 0 aliphatic carbocycles. The van der Waals surface area contributed by atoms with Gasteiger partial charge in [0.1, 0.15) is 5.75 Å². The first-order chi connectivity index (χ1) is 13.9. The number of alkyl halides is 3. The Morgan fingerprint density at radius 1 is 1.03 bits per heavy atom. The number of hydrogen-bond donors (Lipinski definition) is 2. The predicted octanol–water partition coefficient (Wildman–Crippen LogP) is 3.03. The van der Waals surface area contributed by atoms with Crippen LogP contribution in [0.25, 0.3) is 0 Å². The molecule has 29 heavy (non-hydrogen) atoms. The van der Waals surface area contributed by atoms with Crippen molar-refractivity contribution < 1.29 is 22.6 Å². The first-order valence-corrected chi connectivity index (χ1v) is 9.19. The van der Waals surface area contributed by atoms with Gasteiger partial charge in [0.15, 0.2) is 5.96 Å². The second-order valence-corrected chi connectivity index (χ2v) is 6.51. The average molecular weight is 408 g/mol. The van der Waals surface area contributed by atoms with Gasteiger partial charge in [-0.25, -0.2) is 4.99 Å². The lowest BCUT2D eigenvalue weighted by molar-refractivity contribution is -0.274. The monoisotopic (exact) mass is 408 g/mol. The number of anilines is 1. The molecular formula is C20H23F3N4O2. The Labute approximate surface area is 167 Å². The first-order valence-electron chi connectivity index (χ1n) is 9.19. The van der Waals surface area contributed by atoms with E-state index in [9.17, 15) is 13.2 Å². The van der Waals surface area contributed by atoms with Crippen LogP contribution in [0.2, 0.25) is 0 Å². The molecule has 0 spiro atoms. The Hall–Kier alpha value is -2.94. The fourth-order valence-electron chi connectivity index (χ4n) is 2.87. The van der Waals surface area contributed by atoms with Gasteiger partial charge in [-0.2, -0.15) is 0 Å². The molecule has 0 saturated carbocycles. The minimum Gasteiger partial charge on any atom is -0.406 e. The molecule has 1 heterocycles. The van der Waals surface area contributed by atoms with Gasteiger partial charge in [0, 0.05) is 25.3 Å². The molecule has 3 rings (SSSR count). The fraction of sp³-hybridized carbons (Fsp3) is 0.350. The molecule has 3 N–H and O–H groups in total. The van der Waals surface area contributed by atoms with E-state index in [1.54, 1.807) is 0 Å². The van der Waals surface area contributed by atoms with E-state index in [0.717, 1.165) is 43.1 Å². The molecule has 1 fully saturated rings. The SMILES string of the molecule is NC(=NCc1ccc(OC(F)(F)F)cc1)NCc1ccc(N2CCOCC2)cc1. The molecule has 0 unspecified atom stereocenters. The van der Waals surface area contributed by atoms with Crippen LogP contribution in [0.1, 0.15) is 11.1 Å². The minimum atomic E-state index is -4.70. The summed E-state index contributed by atoms with van der Waals surface area (Å²) in [6.07, 6.45) is -4.70. The Bertz CT molecular complexity index is 802. The molecule has 0 amide bonds. The summed E-state index contributed by atoms with van der Waals surface area (Å²) in [6.45, 7) is 4.04. The van der Waals surface area contributed by atoms with Gasteiger partial charge in [0.2, 0.25) is 0 Å². The number of morpholine rings is 1. The Morgan fingerprint density at radius 2 is 1.66 bits per heavy atom. The Balaban J connectivity index is 1.46. The van der Waals surface area contributed by atoms with Crippen molar-refractivity contribution in [2.45, 2.75) is 19.5 Å². The average Bonchev–Trinajstić information content (AvgIpc) is 2.72. The number of halogens is 3. The van der Waals surface area contributed by atoms with Crippen LogP contribution in [0.4, 0.5) is 18.9 Å². The molecule has 156 valence electrons. The maximum atomic E-state index is 12.2. The van der Waals surface area contributed by atoms with Crippen LogP contribution >= 0.6 is 0 Å². The summed E-state index contributed by atoms with van der Waals surface area (Å²) in [7, 11) is 0. The fourth-order valence-corrected chi connectivity index (χ4v) is 2.87. The van der Waals surface area contributed by atoms with Crippen molar-refractivity contribution in [2.24, 2.45) is 10.7 Å². The quantitative estimate of drug-likeness (QED) is 0.568. The van der Waals surface area contributed by atoms with Crippen LogP contribution in [0, 0.1) is 0 Å². The normalized spacial score (nSPS) is 15.3. The molecule has 0 atom stereocenters. The van der Waals surface area contributed by atoms with E-state index in [1.165, 1.54) is 24.3 Å². The van der Waals surface area contributed by atoms with Crippen LogP contribution in [-0.2, 0) is 17.8 Å². The number of aliphatic imine (C=N–C) groups is 1. The molecule has 1 saturated heterocycles. The standard InChI is InChI=1S/C20H23F3N4O2/c21-20(22,23)29-18-7-3-16(4-8-18)14-26-19(24)25-13-15-1-5-17(6-2-15)27-9-11-28-12-10-27/h1-8H,9-14H2,(H3,24,25,26). The lowest BCUT2D eigenvalue weighted by Gasteiger charge is -2.28. The zero-order valence-electron chi connectivity index (χ0n) is 15.8. The van der Waals surface area contributed by atoms with Crippen LogP contribution in [0.5, 0.6) is 5.75 Å². The number of rotatable bonds is 6. The number of hydrogen-bond acceptors (Lipinski definition) is 4. The van der Waals surface area contributed by atoms with Crippen molar-refractivity contribution in [2.75, 3.05) is 31.2 Å². The van der Waals surface area contributed by atoms with Crippen LogP contribution in [-0.4, -0.2) is 38.6 Å². The van der Waals surface area contributed by atoms with Gasteiger partial charge in [-0.05, 0) is 35.4 Å². The molecule has 0 bridgehead atoms. The van der Waals surface area contributed by atoms with E-state index in [-0.39, 0.29) is 18.3 Å². The first kappa shape index (κ1) is 20.8. The van der Waals surface area contributed by atoms with Gasteiger partial charge < -0.3 is 25.4 Å². The lowest BCUT2D eigenvalue weighted by atomic mass is 10.2. The number of guanidine groups is 1. The molecule has 9 heteroatoms. The van der Waals surface area contributed by atoms with Crippen molar-refractivity contribution in [3.8, 4) is 5.75 Å².